The lowest BCUT2D eigenvalue weighted by Gasteiger charge is -2.05. The topological polar surface area (TPSA) is 85.1 Å². The van der Waals surface area contributed by atoms with Crippen LogP contribution in [0.5, 0.6) is 0 Å². The molecule has 0 fully saturated rings. The third-order valence-electron chi connectivity index (χ3n) is 2.79. The molecule has 1 aromatic heterocycles. The average molecular weight is 311 g/mol. The van der Waals surface area contributed by atoms with E-state index in [1.54, 1.807) is 26.0 Å². The molecular formula is C13H17N3O2S2. The highest BCUT2D eigenvalue weighted by molar-refractivity contribution is 7.91. The van der Waals surface area contributed by atoms with Crippen LogP contribution in [-0.2, 0) is 16.4 Å². The van der Waals surface area contributed by atoms with Gasteiger partial charge in [0.1, 0.15) is 0 Å². The molecule has 0 saturated carbocycles. The Labute approximate surface area is 122 Å². The molecule has 2 aromatic rings. The number of nitrogens with two attached hydrogens (primary N) is 1. The van der Waals surface area contributed by atoms with Crippen LogP contribution in [0.1, 0.15) is 16.3 Å². The van der Waals surface area contributed by atoms with Crippen molar-refractivity contribution in [1.29, 1.82) is 0 Å². The van der Waals surface area contributed by atoms with Crippen LogP contribution in [0.2, 0.25) is 0 Å². The zero-order valence-corrected chi connectivity index (χ0v) is 13.0. The van der Waals surface area contributed by atoms with Crippen LogP contribution in [0.3, 0.4) is 0 Å². The Morgan fingerprint density at radius 1 is 1.25 bits per heavy atom. The SMILES string of the molecule is Cc1nc(C)c(S(=O)(=O)NCCc2ccc(N)cc2)s1. The summed E-state index contributed by atoms with van der Waals surface area (Å²) in [7, 11) is -3.47. The number of hydrogen-bond acceptors (Lipinski definition) is 5. The molecule has 3 N–H and O–H groups in total. The number of rotatable bonds is 5. The highest BCUT2D eigenvalue weighted by Crippen LogP contribution is 2.22. The van der Waals surface area contributed by atoms with Gasteiger partial charge < -0.3 is 5.73 Å². The number of thiazole rings is 1. The minimum atomic E-state index is -3.47. The fourth-order valence-electron chi connectivity index (χ4n) is 1.84. The summed E-state index contributed by atoms with van der Waals surface area (Å²) >= 11 is 1.19. The van der Waals surface area contributed by atoms with Gasteiger partial charge in [0.2, 0.25) is 0 Å². The van der Waals surface area contributed by atoms with Gasteiger partial charge in [-0.05, 0) is 38.0 Å². The maximum absolute atomic E-state index is 12.1. The zero-order chi connectivity index (χ0) is 14.8. The smallest absolute Gasteiger partial charge is 0.251 e. The van der Waals surface area contributed by atoms with Gasteiger partial charge in [-0.25, -0.2) is 18.1 Å². The first-order valence-electron chi connectivity index (χ1n) is 6.16. The van der Waals surface area contributed by atoms with Gasteiger partial charge in [-0.1, -0.05) is 12.1 Å². The van der Waals surface area contributed by atoms with Crippen LogP contribution >= 0.6 is 11.3 Å². The molecule has 0 aliphatic carbocycles. The number of aryl methyl sites for hydroxylation is 2. The van der Waals surface area contributed by atoms with E-state index in [1.165, 1.54) is 11.3 Å². The predicted octanol–water partition coefficient (Wildman–Crippen LogP) is 1.86. The van der Waals surface area contributed by atoms with Gasteiger partial charge in [0, 0.05) is 12.2 Å². The standard InChI is InChI=1S/C13H17N3O2S2/c1-9-13(19-10(2)16-9)20(17,18)15-8-7-11-3-5-12(14)6-4-11/h3-6,15H,7-8,14H2,1-2H3. The van der Waals surface area contributed by atoms with Crippen molar-refractivity contribution in [2.24, 2.45) is 0 Å². The zero-order valence-electron chi connectivity index (χ0n) is 11.4. The van der Waals surface area contributed by atoms with Crippen molar-refractivity contribution in [1.82, 2.24) is 9.71 Å². The van der Waals surface area contributed by atoms with Crippen molar-refractivity contribution in [2.75, 3.05) is 12.3 Å². The minimum Gasteiger partial charge on any atom is -0.399 e. The van der Waals surface area contributed by atoms with Crippen molar-refractivity contribution in [3.05, 3.63) is 40.5 Å². The van der Waals surface area contributed by atoms with E-state index in [0.29, 0.717) is 28.6 Å². The molecule has 0 amide bonds. The van der Waals surface area contributed by atoms with Crippen molar-refractivity contribution in [2.45, 2.75) is 24.5 Å². The fraction of sp³-hybridized carbons (Fsp3) is 0.308. The number of nitrogen functional groups attached to an aromatic ring is 1. The summed E-state index contributed by atoms with van der Waals surface area (Å²) in [5.41, 5.74) is 7.89. The van der Waals surface area contributed by atoms with Gasteiger partial charge in [-0.15, -0.1) is 11.3 Å². The first-order chi connectivity index (χ1) is 9.38. The van der Waals surface area contributed by atoms with Crippen LogP contribution < -0.4 is 10.5 Å². The third kappa shape index (κ3) is 3.56. The second kappa shape index (κ2) is 5.90. The molecule has 0 atom stereocenters. The summed E-state index contributed by atoms with van der Waals surface area (Å²) < 4.78 is 27.2. The first-order valence-corrected chi connectivity index (χ1v) is 8.46. The van der Waals surface area contributed by atoms with E-state index >= 15 is 0 Å². The molecule has 0 saturated heterocycles. The Balaban J connectivity index is 1.99. The van der Waals surface area contributed by atoms with Gasteiger partial charge in [0.05, 0.1) is 10.7 Å². The lowest BCUT2D eigenvalue weighted by atomic mass is 10.1. The lowest BCUT2D eigenvalue weighted by molar-refractivity contribution is 0.583. The molecule has 5 nitrogen and oxygen atoms in total. The lowest BCUT2D eigenvalue weighted by Crippen LogP contribution is -2.25. The van der Waals surface area contributed by atoms with E-state index in [2.05, 4.69) is 9.71 Å². The fourth-order valence-corrected chi connectivity index (χ4v) is 4.40. The van der Waals surface area contributed by atoms with Crippen LogP contribution in [0.4, 0.5) is 5.69 Å². The number of aromatic nitrogens is 1. The molecule has 2 rings (SSSR count). The Kier molecular flexibility index (Phi) is 4.42. The molecule has 108 valence electrons. The number of hydrogen-bond donors (Lipinski definition) is 2. The van der Waals surface area contributed by atoms with Crippen LogP contribution in [0.15, 0.2) is 28.5 Å². The van der Waals surface area contributed by atoms with E-state index in [9.17, 15) is 8.42 Å². The van der Waals surface area contributed by atoms with Crippen molar-refractivity contribution >= 4 is 27.0 Å². The Morgan fingerprint density at radius 3 is 2.45 bits per heavy atom. The van der Waals surface area contributed by atoms with Crippen molar-refractivity contribution in [3.8, 4) is 0 Å². The molecule has 0 aliphatic heterocycles. The summed E-state index contributed by atoms with van der Waals surface area (Å²) in [6, 6.07) is 7.40. The minimum absolute atomic E-state index is 0.298. The molecule has 0 aliphatic rings. The molecule has 0 radical (unpaired) electrons. The average Bonchev–Trinajstić information content (AvgIpc) is 2.72. The Bertz CT molecular complexity index is 691. The van der Waals surface area contributed by atoms with E-state index in [0.717, 1.165) is 10.6 Å². The summed E-state index contributed by atoms with van der Waals surface area (Å²) in [6.45, 7) is 3.85. The second-order valence-corrected chi connectivity index (χ2v) is 7.66. The Morgan fingerprint density at radius 2 is 1.90 bits per heavy atom. The summed E-state index contributed by atoms with van der Waals surface area (Å²) in [4.78, 5) is 4.14. The Hall–Kier alpha value is -1.44. The number of benzene rings is 1. The maximum Gasteiger partial charge on any atom is 0.251 e. The molecule has 20 heavy (non-hydrogen) atoms. The van der Waals surface area contributed by atoms with E-state index in [-0.39, 0.29) is 0 Å². The van der Waals surface area contributed by atoms with E-state index in [1.807, 2.05) is 12.1 Å². The molecule has 1 heterocycles. The van der Waals surface area contributed by atoms with Gasteiger partial charge in [0.15, 0.2) is 4.21 Å². The summed E-state index contributed by atoms with van der Waals surface area (Å²) in [5.74, 6) is 0. The summed E-state index contributed by atoms with van der Waals surface area (Å²) in [5, 5.41) is 0.751. The van der Waals surface area contributed by atoms with Gasteiger partial charge in [-0.2, -0.15) is 0 Å². The van der Waals surface area contributed by atoms with E-state index < -0.39 is 10.0 Å². The molecule has 0 spiro atoms. The quantitative estimate of drug-likeness (QED) is 0.825. The number of nitrogens with zero attached hydrogens (tertiary/aromatic N) is 1. The van der Waals surface area contributed by atoms with Crippen molar-refractivity contribution in [3.63, 3.8) is 0 Å². The first kappa shape index (κ1) is 15.0. The summed E-state index contributed by atoms with van der Waals surface area (Å²) in [6.07, 6.45) is 0.621. The molecule has 0 bridgehead atoms. The third-order valence-corrected chi connectivity index (χ3v) is 5.93. The number of anilines is 1. The molecule has 0 unspecified atom stereocenters. The maximum atomic E-state index is 12.1. The highest BCUT2D eigenvalue weighted by atomic mass is 32.2. The van der Waals surface area contributed by atoms with Gasteiger partial charge in [0.25, 0.3) is 10.0 Å². The highest BCUT2D eigenvalue weighted by Gasteiger charge is 2.20. The molecular weight excluding hydrogens is 294 g/mol. The van der Waals surface area contributed by atoms with Crippen LogP contribution in [-0.4, -0.2) is 19.9 Å². The molecule has 7 heteroatoms. The normalized spacial score (nSPS) is 11.7. The van der Waals surface area contributed by atoms with Gasteiger partial charge in [-0.3, -0.25) is 0 Å². The van der Waals surface area contributed by atoms with Gasteiger partial charge >= 0.3 is 0 Å². The largest absolute Gasteiger partial charge is 0.399 e. The second-order valence-electron chi connectivity index (χ2n) is 4.50. The van der Waals surface area contributed by atoms with Crippen molar-refractivity contribution < 1.29 is 8.42 Å². The predicted molar refractivity (Wildman–Crippen MR) is 81.3 cm³/mol. The van der Waals surface area contributed by atoms with Crippen LogP contribution in [0.25, 0.3) is 0 Å². The van der Waals surface area contributed by atoms with Crippen LogP contribution in [0, 0.1) is 13.8 Å². The molecule has 1 aromatic carbocycles. The monoisotopic (exact) mass is 311 g/mol. The number of nitrogens with one attached hydrogen (secondary N) is 1. The van der Waals surface area contributed by atoms with E-state index in [4.69, 9.17) is 5.73 Å². The number of sulfonamides is 1.